The number of amides is 1. The number of carbonyl (C=O) groups is 1. The number of hydrogen-bond donors (Lipinski definition) is 1. The van der Waals surface area contributed by atoms with E-state index in [1.165, 1.54) is 11.9 Å². The molecule has 1 amide bonds. The monoisotopic (exact) mass is 440 g/mol. The second-order valence-corrected chi connectivity index (χ2v) is 8.66. The highest BCUT2D eigenvalue weighted by Crippen LogP contribution is 2.33. The minimum absolute atomic E-state index is 0. The van der Waals surface area contributed by atoms with Crippen LogP contribution in [-0.4, -0.2) is 39.5 Å². The molecule has 3 atom stereocenters. The molecule has 2 aliphatic rings. The molecule has 4 rings (SSSR count). The zero-order chi connectivity index (χ0) is 19.0. The van der Waals surface area contributed by atoms with Crippen LogP contribution in [0.5, 0.6) is 0 Å². The first-order valence-corrected chi connectivity index (χ1v) is 10.5. The predicted molar refractivity (Wildman–Crippen MR) is 123 cm³/mol. The average Bonchev–Trinajstić information content (AvgIpc) is 3.25. The SMILES string of the molecule is CC(C)n1c(C2CCCN(C(=O)C[C@@H]3CCC[C@H]3N)C2)nc2ccccc21.Cl.Cl. The van der Waals surface area contributed by atoms with Crippen LogP contribution in [0.25, 0.3) is 11.0 Å². The molecule has 1 aromatic heterocycles. The zero-order valence-electron chi connectivity index (χ0n) is 17.4. The van der Waals surface area contributed by atoms with E-state index in [2.05, 4.69) is 41.5 Å². The Kier molecular flexibility index (Phi) is 8.38. The molecule has 1 saturated carbocycles. The molecule has 1 saturated heterocycles. The lowest BCUT2D eigenvalue weighted by molar-refractivity contribution is -0.133. The predicted octanol–water partition coefficient (Wildman–Crippen LogP) is 4.68. The highest BCUT2D eigenvalue weighted by Gasteiger charge is 2.32. The average molecular weight is 441 g/mol. The van der Waals surface area contributed by atoms with E-state index in [-0.39, 0.29) is 36.8 Å². The van der Waals surface area contributed by atoms with Crippen LogP contribution in [0.15, 0.2) is 24.3 Å². The molecule has 0 radical (unpaired) electrons. The van der Waals surface area contributed by atoms with Crippen LogP contribution in [0.1, 0.15) is 70.2 Å². The molecular weight excluding hydrogens is 407 g/mol. The van der Waals surface area contributed by atoms with Gasteiger partial charge < -0.3 is 15.2 Å². The molecule has 1 aromatic carbocycles. The third-order valence-corrected chi connectivity index (χ3v) is 6.43. The Balaban J connectivity index is 0.00000150. The summed E-state index contributed by atoms with van der Waals surface area (Å²) in [5.41, 5.74) is 8.44. The number of benzene rings is 1. The Labute approximate surface area is 186 Å². The van der Waals surface area contributed by atoms with Gasteiger partial charge in [-0.05, 0) is 57.6 Å². The fourth-order valence-corrected chi connectivity index (χ4v) is 4.98. The Morgan fingerprint density at radius 3 is 2.62 bits per heavy atom. The molecule has 2 heterocycles. The van der Waals surface area contributed by atoms with E-state index >= 15 is 0 Å². The lowest BCUT2D eigenvalue weighted by atomic mass is 9.94. The summed E-state index contributed by atoms with van der Waals surface area (Å²) in [5, 5.41) is 0. The molecule has 2 fully saturated rings. The normalized spacial score (nSPS) is 24.4. The minimum Gasteiger partial charge on any atom is -0.342 e. The number of carbonyl (C=O) groups excluding carboxylic acids is 1. The molecule has 1 aliphatic heterocycles. The van der Waals surface area contributed by atoms with Crippen molar-refractivity contribution >= 4 is 41.8 Å². The molecule has 1 aliphatic carbocycles. The topological polar surface area (TPSA) is 64.2 Å². The van der Waals surface area contributed by atoms with Crippen molar-refractivity contribution in [3.63, 3.8) is 0 Å². The number of hydrogen-bond acceptors (Lipinski definition) is 3. The van der Waals surface area contributed by atoms with Gasteiger partial charge in [0.25, 0.3) is 0 Å². The minimum atomic E-state index is 0. The van der Waals surface area contributed by atoms with Gasteiger partial charge in [0.15, 0.2) is 0 Å². The number of piperidine rings is 1. The Hall–Kier alpha value is -1.30. The highest BCUT2D eigenvalue weighted by molar-refractivity contribution is 5.85. The van der Waals surface area contributed by atoms with Gasteiger partial charge in [0.05, 0.1) is 11.0 Å². The van der Waals surface area contributed by atoms with Gasteiger partial charge in [0.2, 0.25) is 5.91 Å². The Morgan fingerprint density at radius 2 is 1.93 bits per heavy atom. The van der Waals surface area contributed by atoms with Crippen molar-refractivity contribution in [1.82, 2.24) is 14.5 Å². The van der Waals surface area contributed by atoms with Gasteiger partial charge in [-0.3, -0.25) is 4.79 Å². The number of likely N-dealkylation sites (tertiary alicyclic amines) is 1. The van der Waals surface area contributed by atoms with E-state index in [1.807, 2.05) is 6.07 Å². The van der Waals surface area contributed by atoms with E-state index in [0.717, 1.165) is 50.1 Å². The molecule has 2 aromatic rings. The fourth-order valence-electron chi connectivity index (χ4n) is 4.98. The molecule has 5 nitrogen and oxygen atoms in total. The van der Waals surface area contributed by atoms with Gasteiger partial charge in [-0.1, -0.05) is 18.6 Å². The number of rotatable bonds is 4. The van der Waals surface area contributed by atoms with Crippen LogP contribution in [-0.2, 0) is 4.79 Å². The first kappa shape index (κ1) is 24.0. The summed E-state index contributed by atoms with van der Waals surface area (Å²) in [6.45, 7) is 6.09. The van der Waals surface area contributed by atoms with Crippen molar-refractivity contribution in [3.05, 3.63) is 30.1 Å². The van der Waals surface area contributed by atoms with Gasteiger partial charge in [0, 0.05) is 37.5 Å². The molecule has 2 N–H and O–H groups in total. The Morgan fingerprint density at radius 1 is 1.17 bits per heavy atom. The lowest BCUT2D eigenvalue weighted by Crippen LogP contribution is -2.41. The van der Waals surface area contributed by atoms with Crippen LogP contribution in [0.2, 0.25) is 0 Å². The first-order chi connectivity index (χ1) is 13.0. The van der Waals surface area contributed by atoms with Gasteiger partial charge in [-0.15, -0.1) is 24.8 Å². The maximum Gasteiger partial charge on any atom is 0.222 e. The molecule has 0 spiro atoms. The van der Waals surface area contributed by atoms with Crippen LogP contribution in [0.3, 0.4) is 0 Å². The second kappa shape index (κ2) is 10.1. The number of para-hydroxylation sites is 2. The number of aromatic nitrogens is 2. The molecule has 0 bridgehead atoms. The van der Waals surface area contributed by atoms with E-state index in [9.17, 15) is 4.79 Å². The highest BCUT2D eigenvalue weighted by atomic mass is 35.5. The summed E-state index contributed by atoms with van der Waals surface area (Å²) < 4.78 is 2.36. The van der Waals surface area contributed by atoms with Crippen LogP contribution < -0.4 is 5.73 Å². The summed E-state index contributed by atoms with van der Waals surface area (Å²) in [6.07, 6.45) is 6.11. The van der Waals surface area contributed by atoms with Crippen molar-refractivity contribution in [2.45, 2.75) is 70.4 Å². The fraction of sp³-hybridized carbons (Fsp3) is 0.636. The van der Waals surface area contributed by atoms with Gasteiger partial charge in [0.1, 0.15) is 5.82 Å². The van der Waals surface area contributed by atoms with Crippen molar-refractivity contribution < 1.29 is 4.79 Å². The van der Waals surface area contributed by atoms with Crippen molar-refractivity contribution in [1.29, 1.82) is 0 Å². The van der Waals surface area contributed by atoms with Crippen LogP contribution in [0.4, 0.5) is 0 Å². The first-order valence-electron chi connectivity index (χ1n) is 10.5. The molecular formula is C22H34Cl2N4O. The van der Waals surface area contributed by atoms with Crippen LogP contribution in [0, 0.1) is 5.92 Å². The standard InChI is InChI=1S/C22H32N4O.2ClH/c1-15(2)26-20-11-4-3-10-19(20)24-22(26)17-8-6-12-25(14-17)21(27)13-16-7-5-9-18(16)23;;/h3-4,10-11,15-18H,5-9,12-14,23H2,1-2H3;2*1H/t16-,17?,18+;;/m0../s1. The largest absolute Gasteiger partial charge is 0.342 e. The summed E-state index contributed by atoms with van der Waals surface area (Å²) in [4.78, 5) is 20.0. The number of halogens is 2. The third kappa shape index (κ3) is 4.89. The quantitative estimate of drug-likeness (QED) is 0.749. The zero-order valence-corrected chi connectivity index (χ0v) is 19.1. The van der Waals surface area contributed by atoms with Gasteiger partial charge in [-0.25, -0.2) is 4.98 Å². The Bertz CT molecular complexity index is 822. The van der Waals surface area contributed by atoms with Crippen LogP contribution >= 0.6 is 24.8 Å². The van der Waals surface area contributed by atoms with Crippen molar-refractivity contribution in [2.24, 2.45) is 11.7 Å². The summed E-state index contributed by atoms with van der Waals surface area (Å²) in [6, 6.07) is 8.93. The second-order valence-electron chi connectivity index (χ2n) is 8.66. The summed E-state index contributed by atoms with van der Waals surface area (Å²) in [7, 11) is 0. The number of fused-ring (bicyclic) bond motifs is 1. The van der Waals surface area contributed by atoms with E-state index in [4.69, 9.17) is 10.7 Å². The van der Waals surface area contributed by atoms with Crippen molar-refractivity contribution in [2.75, 3.05) is 13.1 Å². The molecule has 29 heavy (non-hydrogen) atoms. The number of nitrogens with two attached hydrogens (primary N) is 1. The molecule has 7 heteroatoms. The van der Waals surface area contributed by atoms with Gasteiger partial charge in [-0.2, -0.15) is 0 Å². The summed E-state index contributed by atoms with van der Waals surface area (Å²) in [5.74, 6) is 2.11. The molecule has 162 valence electrons. The van der Waals surface area contributed by atoms with Gasteiger partial charge >= 0.3 is 0 Å². The number of imidazole rings is 1. The smallest absolute Gasteiger partial charge is 0.222 e. The van der Waals surface area contributed by atoms with E-state index < -0.39 is 0 Å². The molecule has 1 unspecified atom stereocenters. The third-order valence-electron chi connectivity index (χ3n) is 6.43. The maximum absolute atomic E-state index is 12.9. The lowest BCUT2D eigenvalue weighted by Gasteiger charge is -2.34. The maximum atomic E-state index is 12.9. The number of nitrogens with zero attached hydrogens (tertiary/aromatic N) is 3. The van der Waals surface area contributed by atoms with E-state index in [1.54, 1.807) is 0 Å². The summed E-state index contributed by atoms with van der Waals surface area (Å²) >= 11 is 0. The van der Waals surface area contributed by atoms with E-state index in [0.29, 0.717) is 24.3 Å². The van der Waals surface area contributed by atoms with Crippen molar-refractivity contribution in [3.8, 4) is 0 Å².